The number of H-pyrrole nitrogens is 1. The minimum Gasteiger partial charge on any atom is -0.354 e. The maximum atomic E-state index is 12.6. The van der Waals surface area contributed by atoms with E-state index < -0.39 is 0 Å². The molecule has 23 heavy (non-hydrogen) atoms. The van der Waals surface area contributed by atoms with Crippen molar-refractivity contribution in [3.63, 3.8) is 0 Å². The number of rotatable bonds is 3. The Bertz CT molecular complexity index is 937. The van der Waals surface area contributed by atoms with Gasteiger partial charge in [-0.15, -0.1) is 12.4 Å². The molecule has 0 aliphatic carbocycles. The maximum absolute atomic E-state index is 12.6. The van der Waals surface area contributed by atoms with E-state index in [2.05, 4.69) is 32.9 Å². The molecule has 0 aliphatic heterocycles. The summed E-state index contributed by atoms with van der Waals surface area (Å²) in [4.78, 5) is 28.2. The van der Waals surface area contributed by atoms with Gasteiger partial charge in [0.1, 0.15) is 0 Å². The first kappa shape index (κ1) is 17.7. The molecule has 6 heteroatoms. The molecule has 1 amide bonds. The van der Waals surface area contributed by atoms with Crippen molar-refractivity contribution >= 4 is 62.7 Å². The average Bonchev–Trinajstić information content (AvgIpc) is 2.52. The van der Waals surface area contributed by atoms with Crippen LogP contribution in [0.4, 0.5) is 0 Å². The van der Waals surface area contributed by atoms with Crippen molar-refractivity contribution in [2.24, 2.45) is 0 Å². The Hall–Kier alpha value is -1.60. The zero-order valence-electron chi connectivity index (χ0n) is 12.5. The van der Waals surface area contributed by atoms with E-state index in [1.807, 2.05) is 25.1 Å². The van der Waals surface area contributed by atoms with Crippen LogP contribution in [-0.2, 0) is 0 Å². The average molecular weight is 443 g/mol. The number of pyridine rings is 1. The van der Waals surface area contributed by atoms with Crippen LogP contribution < -0.4 is 10.7 Å². The van der Waals surface area contributed by atoms with Gasteiger partial charge in [-0.1, -0.05) is 13.0 Å². The molecule has 2 N–H and O–H groups in total. The largest absolute Gasteiger partial charge is 0.354 e. The van der Waals surface area contributed by atoms with Crippen molar-refractivity contribution in [2.45, 2.75) is 13.3 Å². The number of carbonyl (C=O) groups is 1. The van der Waals surface area contributed by atoms with Crippen LogP contribution in [0.2, 0.25) is 0 Å². The number of amides is 1. The monoisotopic (exact) mass is 442 g/mol. The zero-order valence-corrected chi connectivity index (χ0v) is 15.5. The third-order valence-corrected chi connectivity index (χ3v) is 4.25. The predicted molar refractivity (Wildman–Crippen MR) is 105 cm³/mol. The minimum atomic E-state index is -0.159. The molecule has 3 aromatic rings. The molecular weight excluding hydrogens is 427 g/mol. The lowest BCUT2D eigenvalue weighted by atomic mass is 10.1. The summed E-state index contributed by atoms with van der Waals surface area (Å²) in [6, 6.07) is 10.9. The van der Waals surface area contributed by atoms with Crippen LogP contribution in [0, 0.1) is 3.57 Å². The van der Waals surface area contributed by atoms with Crippen LogP contribution in [0.1, 0.15) is 23.7 Å². The fraction of sp³-hybridized carbons (Fsp3) is 0.176. The van der Waals surface area contributed by atoms with Gasteiger partial charge in [0.05, 0.1) is 16.6 Å². The lowest BCUT2D eigenvalue weighted by Crippen LogP contribution is -2.24. The van der Waals surface area contributed by atoms with E-state index in [0.717, 1.165) is 15.5 Å². The van der Waals surface area contributed by atoms with Crippen LogP contribution in [0.5, 0.6) is 0 Å². The van der Waals surface area contributed by atoms with Crippen LogP contribution in [-0.4, -0.2) is 17.4 Å². The Morgan fingerprint density at radius 3 is 2.74 bits per heavy atom. The second kappa shape index (κ2) is 7.31. The highest BCUT2D eigenvalue weighted by Gasteiger charge is 2.13. The van der Waals surface area contributed by atoms with E-state index in [-0.39, 0.29) is 23.7 Å². The number of fused-ring (bicyclic) bond motifs is 2. The fourth-order valence-corrected chi connectivity index (χ4v) is 2.99. The fourth-order valence-electron chi connectivity index (χ4n) is 2.50. The summed E-state index contributed by atoms with van der Waals surface area (Å²) in [6.07, 6.45) is 0.869. The van der Waals surface area contributed by atoms with Gasteiger partial charge in [-0.25, -0.2) is 0 Å². The van der Waals surface area contributed by atoms with Gasteiger partial charge in [0.25, 0.3) is 5.91 Å². The van der Waals surface area contributed by atoms with E-state index in [1.54, 1.807) is 18.2 Å². The molecule has 4 nitrogen and oxygen atoms in total. The number of para-hydroxylation sites is 1. The third-order valence-electron chi connectivity index (χ3n) is 3.58. The molecule has 0 unspecified atom stereocenters. The lowest BCUT2D eigenvalue weighted by Gasteiger charge is -2.09. The molecule has 0 spiro atoms. The Labute approximate surface area is 153 Å². The van der Waals surface area contributed by atoms with Crippen LogP contribution in [0.15, 0.2) is 41.2 Å². The summed E-state index contributed by atoms with van der Waals surface area (Å²) in [7, 11) is 0. The van der Waals surface area contributed by atoms with Gasteiger partial charge in [-0.05, 0) is 59.3 Å². The number of hydrogen-bond acceptors (Lipinski definition) is 2. The van der Waals surface area contributed by atoms with E-state index in [9.17, 15) is 9.59 Å². The Kier molecular flexibility index (Phi) is 5.64. The zero-order chi connectivity index (χ0) is 15.7. The van der Waals surface area contributed by atoms with Crippen LogP contribution in [0.3, 0.4) is 0 Å². The Balaban J connectivity index is 0.00000192. The van der Waals surface area contributed by atoms with Gasteiger partial charge in [0.2, 0.25) is 0 Å². The highest BCUT2D eigenvalue weighted by atomic mass is 127. The number of nitrogens with one attached hydrogen (secondary N) is 2. The van der Waals surface area contributed by atoms with Crippen LogP contribution in [0.25, 0.3) is 21.8 Å². The van der Waals surface area contributed by atoms with Crippen molar-refractivity contribution in [3.05, 3.63) is 55.8 Å². The summed E-state index contributed by atoms with van der Waals surface area (Å²) in [5.41, 5.74) is 1.80. The maximum Gasteiger partial charge on any atom is 0.253 e. The Morgan fingerprint density at radius 2 is 2.00 bits per heavy atom. The Morgan fingerprint density at radius 1 is 1.22 bits per heavy atom. The van der Waals surface area contributed by atoms with Gasteiger partial charge >= 0.3 is 0 Å². The third kappa shape index (κ3) is 3.35. The van der Waals surface area contributed by atoms with Crippen molar-refractivity contribution in [3.8, 4) is 0 Å². The van der Waals surface area contributed by atoms with Crippen molar-refractivity contribution in [1.29, 1.82) is 0 Å². The molecule has 0 aliphatic rings. The van der Waals surface area contributed by atoms with Gasteiger partial charge in [0.15, 0.2) is 5.43 Å². The number of carbonyl (C=O) groups excluding carboxylic acids is 1. The topological polar surface area (TPSA) is 62.0 Å². The first-order valence-electron chi connectivity index (χ1n) is 7.14. The summed E-state index contributed by atoms with van der Waals surface area (Å²) in [6.45, 7) is 2.62. The van der Waals surface area contributed by atoms with Crippen molar-refractivity contribution < 1.29 is 4.79 Å². The number of aromatic amines is 1. The lowest BCUT2D eigenvalue weighted by molar-refractivity contribution is 0.0955. The summed E-state index contributed by atoms with van der Waals surface area (Å²) in [5, 5.41) is 4.03. The molecule has 0 radical (unpaired) electrons. The number of aromatic nitrogens is 1. The predicted octanol–water partition coefficient (Wildman–Crippen LogP) is 3.85. The summed E-state index contributed by atoms with van der Waals surface area (Å²) >= 11 is 2.20. The molecule has 3 rings (SSSR count). The van der Waals surface area contributed by atoms with Gasteiger partial charge in [0, 0.05) is 20.9 Å². The highest BCUT2D eigenvalue weighted by Crippen LogP contribution is 2.20. The quantitative estimate of drug-likeness (QED) is 0.478. The normalized spacial score (nSPS) is 10.5. The molecule has 120 valence electrons. The molecule has 1 aromatic heterocycles. The molecule has 0 fully saturated rings. The molecular formula is C17H16ClIN2O2. The second-order valence-corrected chi connectivity index (χ2v) is 6.37. The molecule has 2 aromatic carbocycles. The van der Waals surface area contributed by atoms with Gasteiger partial charge < -0.3 is 10.3 Å². The first-order chi connectivity index (χ1) is 10.6. The number of halogens is 2. The SMILES string of the molecule is CCCNC(=O)c1cccc2c(=O)c3ccc(I)cc3[nH]c12.Cl. The van der Waals surface area contributed by atoms with Gasteiger partial charge in [-0.2, -0.15) is 0 Å². The summed E-state index contributed by atoms with van der Waals surface area (Å²) < 4.78 is 1.04. The molecule has 0 saturated carbocycles. The van der Waals surface area contributed by atoms with E-state index in [1.165, 1.54) is 0 Å². The number of hydrogen-bond donors (Lipinski definition) is 2. The van der Waals surface area contributed by atoms with Crippen molar-refractivity contribution in [1.82, 2.24) is 10.3 Å². The molecule has 0 atom stereocenters. The van der Waals surface area contributed by atoms with Crippen LogP contribution >= 0.6 is 35.0 Å². The molecule has 1 heterocycles. The minimum absolute atomic E-state index is 0. The van der Waals surface area contributed by atoms with E-state index >= 15 is 0 Å². The highest BCUT2D eigenvalue weighted by molar-refractivity contribution is 14.1. The first-order valence-corrected chi connectivity index (χ1v) is 8.22. The van der Waals surface area contributed by atoms with E-state index in [0.29, 0.717) is 28.4 Å². The number of benzene rings is 2. The molecule has 0 bridgehead atoms. The summed E-state index contributed by atoms with van der Waals surface area (Å²) in [5.74, 6) is -0.159. The molecule has 0 saturated heterocycles. The standard InChI is InChI=1S/C17H15IN2O2.ClH/c1-2-8-19-17(22)13-5-3-4-12-15(13)20-14-9-10(18)6-7-11(14)16(12)21;/h3-7,9H,2,8H2,1H3,(H,19,22)(H,20,21);1H. The smallest absolute Gasteiger partial charge is 0.253 e. The second-order valence-electron chi connectivity index (χ2n) is 5.13. The van der Waals surface area contributed by atoms with Crippen molar-refractivity contribution in [2.75, 3.05) is 6.54 Å². The van der Waals surface area contributed by atoms with E-state index in [4.69, 9.17) is 0 Å². The van der Waals surface area contributed by atoms with Gasteiger partial charge in [-0.3, -0.25) is 9.59 Å².